The Morgan fingerprint density at radius 1 is 1.55 bits per heavy atom. The van der Waals surface area contributed by atoms with Crippen LogP contribution in [0.25, 0.3) is 0 Å². The predicted molar refractivity (Wildman–Crippen MR) is 54.0 cm³/mol. The van der Waals surface area contributed by atoms with Crippen LogP contribution < -0.4 is 0 Å². The van der Waals surface area contributed by atoms with Crippen LogP contribution in [-0.2, 0) is 0 Å². The number of halogens is 2. The van der Waals surface area contributed by atoms with Crippen LogP contribution >= 0.6 is 22.6 Å². The summed E-state index contributed by atoms with van der Waals surface area (Å²) in [6.07, 6.45) is 0.381. The van der Waals surface area contributed by atoms with Crippen molar-refractivity contribution in [2.24, 2.45) is 0 Å². The molecule has 1 rings (SSSR count). The van der Waals surface area contributed by atoms with Gasteiger partial charge in [-0.25, -0.2) is 4.39 Å². The average molecular weight is 271 g/mol. The van der Waals surface area contributed by atoms with Crippen LogP contribution in [-0.4, -0.2) is 34.1 Å². The minimum Gasteiger partial charge on any atom is -0.298 e. The minimum absolute atomic E-state index is 0.239. The number of piperidine rings is 1. The maximum absolute atomic E-state index is 13.1. The van der Waals surface area contributed by atoms with Crippen molar-refractivity contribution < 1.29 is 4.39 Å². The molecule has 0 aromatic rings. The molecule has 0 bridgehead atoms. The number of hydrogen-bond donors (Lipinski definition) is 0. The van der Waals surface area contributed by atoms with Crippen molar-refractivity contribution in [3.05, 3.63) is 0 Å². The molecule has 0 N–H and O–H groups in total. The van der Waals surface area contributed by atoms with Gasteiger partial charge >= 0.3 is 0 Å². The summed E-state index contributed by atoms with van der Waals surface area (Å²) in [5, 5.41) is 0. The standard InChI is InChI=1S/C8H15FIN/c1-6(2)11-4-3-8(10)7(9)5-11/h6-8H,3-5H2,1-2H3. The summed E-state index contributed by atoms with van der Waals surface area (Å²) in [4.78, 5) is 2.21. The second-order valence-electron chi connectivity index (χ2n) is 3.41. The number of alkyl halides is 2. The monoisotopic (exact) mass is 271 g/mol. The molecule has 11 heavy (non-hydrogen) atoms. The summed E-state index contributed by atoms with van der Waals surface area (Å²) < 4.78 is 13.4. The molecule has 1 saturated heterocycles. The molecule has 1 fully saturated rings. The first-order valence-electron chi connectivity index (χ1n) is 4.13. The molecule has 1 aliphatic heterocycles. The zero-order valence-corrected chi connectivity index (χ0v) is 9.21. The molecule has 3 heteroatoms. The highest BCUT2D eigenvalue weighted by Crippen LogP contribution is 2.22. The van der Waals surface area contributed by atoms with Gasteiger partial charge in [-0.1, -0.05) is 22.6 Å². The lowest BCUT2D eigenvalue weighted by atomic mass is 10.1. The lowest BCUT2D eigenvalue weighted by Gasteiger charge is -2.34. The normalized spacial score (nSPS) is 34.6. The Bertz CT molecular complexity index is 129. The molecule has 0 aliphatic carbocycles. The number of likely N-dealkylation sites (tertiary alicyclic amines) is 1. The van der Waals surface area contributed by atoms with E-state index in [0.29, 0.717) is 12.6 Å². The zero-order valence-electron chi connectivity index (χ0n) is 7.06. The summed E-state index contributed by atoms with van der Waals surface area (Å²) in [6.45, 7) is 5.94. The highest BCUT2D eigenvalue weighted by Gasteiger charge is 2.27. The van der Waals surface area contributed by atoms with Crippen LogP contribution in [0.4, 0.5) is 4.39 Å². The van der Waals surface area contributed by atoms with E-state index in [1.165, 1.54) is 0 Å². The quantitative estimate of drug-likeness (QED) is 0.522. The van der Waals surface area contributed by atoms with E-state index in [0.717, 1.165) is 13.0 Å². The minimum atomic E-state index is -0.619. The van der Waals surface area contributed by atoms with Crippen molar-refractivity contribution in [3.63, 3.8) is 0 Å². The van der Waals surface area contributed by atoms with Crippen molar-refractivity contribution in [1.82, 2.24) is 4.90 Å². The molecule has 2 unspecified atom stereocenters. The lowest BCUT2D eigenvalue weighted by Crippen LogP contribution is -2.45. The van der Waals surface area contributed by atoms with Crippen molar-refractivity contribution in [2.45, 2.75) is 36.4 Å². The first-order valence-corrected chi connectivity index (χ1v) is 5.38. The van der Waals surface area contributed by atoms with Gasteiger partial charge in [-0.05, 0) is 26.8 Å². The fraction of sp³-hybridized carbons (Fsp3) is 1.00. The largest absolute Gasteiger partial charge is 0.298 e. The van der Waals surface area contributed by atoms with E-state index in [-0.39, 0.29) is 3.92 Å². The molecule has 0 aromatic heterocycles. The number of nitrogens with zero attached hydrogens (tertiary/aromatic N) is 1. The third-order valence-electron chi connectivity index (χ3n) is 2.22. The van der Waals surface area contributed by atoms with Crippen LogP contribution in [0.1, 0.15) is 20.3 Å². The fourth-order valence-electron chi connectivity index (χ4n) is 1.37. The molecule has 66 valence electrons. The van der Waals surface area contributed by atoms with Gasteiger partial charge in [0.05, 0.1) is 0 Å². The maximum Gasteiger partial charge on any atom is 0.124 e. The van der Waals surface area contributed by atoms with Gasteiger partial charge < -0.3 is 0 Å². The second-order valence-corrected chi connectivity index (χ2v) is 5.01. The Morgan fingerprint density at radius 3 is 2.64 bits per heavy atom. The SMILES string of the molecule is CC(C)N1CCC(I)C(F)C1. The number of hydrogen-bond acceptors (Lipinski definition) is 1. The molecular weight excluding hydrogens is 256 g/mol. The van der Waals surface area contributed by atoms with Crippen LogP contribution in [0.2, 0.25) is 0 Å². The van der Waals surface area contributed by atoms with Gasteiger partial charge in [0.25, 0.3) is 0 Å². The Morgan fingerprint density at radius 2 is 2.18 bits per heavy atom. The maximum atomic E-state index is 13.1. The summed E-state index contributed by atoms with van der Waals surface area (Å²) in [5.74, 6) is 0. The molecule has 1 nitrogen and oxygen atoms in total. The molecule has 0 saturated carbocycles. The van der Waals surface area contributed by atoms with Crippen LogP contribution in [0.5, 0.6) is 0 Å². The van der Waals surface area contributed by atoms with E-state index >= 15 is 0 Å². The summed E-state index contributed by atoms with van der Waals surface area (Å²) in [6, 6.07) is 0.497. The van der Waals surface area contributed by atoms with E-state index in [9.17, 15) is 4.39 Å². The Labute approximate surface area is 81.5 Å². The number of rotatable bonds is 1. The molecule has 1 aliphatic rings. The smallest absolute Gasteiger partial charge is 0.124 e. The van der Waals surface area contributed by atoms with Gasteiger partial charge in [-0.2, -0.15) is 0 Å². The van der Waals surface area contributed by atoms with Crippen molar-refractivity contribution in [3.8, 4) is 0 Å². The predicted octanol–water partition coefficient (Wildman–Crippen LogP) is 2.24. The first kappa shape index (κ1) is 9.71. The molecule has 0 aromatic carbocycles. The molecular formula is C8H15FIN. The molecule has 1 heterocycles. The van der Waals surface area contributed by atoms with Gasteiger partial charge in [-0.15, -0.1) is 0 Å². The van der Waals surface area contributed by atoms with Gasteiger partial charge in [0, 0.05) is 16.5 Å². The third-order valence-corrected chi connectivity index (χ3v) is 3.63. The van der Waals surface area contributed by atoms with E-state index in [4.69, 9.17) is 0 Å². The van der Waals surface area contributed by atoms with E-state index in [2.05, 4.69) is 41.3 Å². The Hall–Kier alpha value is 0.620. The van der Waals surface area contributed by atoms with Crippen LogP contribution in [0, 0.1) is 0 Å². The van der Waals surface area contributed by atoms with Crippen molar-refractivity contribution >= 4 is 22.6 Å². The van der Waals surface area contributed by atoms with Gasteiger partial charge in [-0.3, -0.25) is 4.90 Å². The molecule has 2 atom stereocenters. The van der Waals surface area contributed by atoms with Gasteiger partial charge in [0.15, 0.2) is 0 Å². The molecule has 0 amide bonds. The molecule has 0 radical (unpaired) electrons. The Kier molecular flexibility index (Phi) is 3.55. The average Bonchev–Trinajstić information content (AvgIpc) is 1.94. The topological polar surface area (TPSA) is 3.24 Å². The Balaban J connectivity index is 2.40. The zero-order chi connectivity index (χ0) is 8.43. The van der Waals surface area contributed by atoms with E-state index in [1.807, 2.05) is 0 Å². The van der Waals surface area contributed by atoms with Crippen LogP contribution in [0.15, 0.2) is 0 Å². The first-order chi connectivity index (χ1) is 5.11. The lowest BCUT2D eigenvalue weighted by molar-refractivity contribution is 0.121. The summed E-state index contributed by atoms with van der Waals surface area (Å²) >= 11 is 2.21. The van der Waals surface area contributed by atoms with E-state index < -0.39 is 6.17 Å². The summed E-state index contributed by atoms with van der Waals surface area (Å²) in [7, 11) is 0. The van der Waals surface area contributed by atoms with Crippen LogP contribution in [0.3, 0.4) is 0 Å². The van der Waals surface area contributed by atoms with Crippen molar-refractivity contribution in [2.75, 3.05) is 13.1 Å². The second kappa shape index (κ2) is 4.03. The molecule has 0 spiro atoms. The van der Waals surface area contributed by atoms with Gasteiger partial charge in [0.2, 0.25) is 0 Å². The highest BCUT2D eigenvalue weighted by atomic mass is 127. The highest BCUT2D eigenvalue weighted by molar-refractivity contribution is 14.1. The summed E-state index contributed by atoms with van der Waals surface area (Å²) in [5.41, 5.74) is 0. The van der Waals surface area contributed by atoms with E-state index in [1.54, 1.807) is 0 Å². The third kappa shape index (κ3) is 2.54. The van der Waals surface area contributed by atoms with Gasteiger partial charge in [0.1, 0.15) is 6.17 Å². The fourth-order valence-corrected chi connectivity index (χ4v) is 1.87. The van der Waals surface area contributed by atoms with Crippen molar-refractivity contribution in [1.29, 1.82) is 0 Å².